The van der Waals surface area contributed by atoms with Gasteiger partial charge in [0.05, 0.1) is 35.3 Å². The molecule has 1 aliphatic rings. The fourth-order valence-corrected chi connectivity index (χ4v) is 6.87. The third-order valence-electron chi connectivity index (χ3n) is 9.31. The minimum Gasteiger partial charge on any atom is -0.495 e. The maximum atomic E-state index is 14.0. The minimum absolute atomic E-state index is 0.116. The summed E-state index contributed by atoms with van der Waals surface area (Å²) in [5, 5.41) is 12.5. The van der Waals surface area contributed by atoms with Crippen LogP contribution in [0.25, 0.3) is 0 Å². The average molecular weight is 849 g/mol. The number of carbonyl (C=O) groups is 1. The third kappa shape index (κ3) is 10.8. The van der Waals surface area contributed by atoms with Crippen LogP contribution in [0.2, 0.25) is 0 Å². The molecule has 0 saturated carbocycles. The van der Waals surface area contributed by atoms with E-state index < -0.39 is 49.8 Å². The zero-order valence-electron chi connectivity index (χ0n) is 31.4. The summed E-state index contributed by atoms with van der Waals surface area (Å²) in [7, 11) is 0.612. The summed E-state index contributed by atoms with van der Waals surface area (Å²) in [6, 6.07) is 9.94. The number of hydrogen-bond acceptors (Lipinski definition) is 11. The lowest BCUT2D eigenvalue weighted by molar-refractivity contribution is -0.137. The SMILES string of the molecule is CNC(=O)c1cc(Br)ccc1Nc1nc(Nc2ccc(CCCC[P+](=O)OCCCn3cc(B4OC(C)(C)C(C)(C)O4)cn3)cc2OC)ncc1C(F)(F)F. The molecule has 1 aliphatic heterocycles. The standard InChI is InChI=1S/C36H43BBrF3N7O6P/c1-34(2)35(3,4)54-37(53-34)24-20-44-48(22-24)15-9-16-52-55(50)17-8-7-10-23-11-13-29(30(18-23)51-6)46-33-43-21-27(36(39,40)41)31(47-33)45-28-14-12-25(38)19-26(28)32(49)42-5/h11-14,18-22H,7-10,15-17H2,1-6H3,(H2-,42,43,45,46,47,49)/p+1. The van der Waals surface area contributed by atoms with E-state index in [1.54, 1.807) is 23.0 Å². The Hall–Kier alpha value is -4.09. The largest absolute Gasteiger partial charge is 0.508 e. The normalized spacial score (nSPS) is 15.2. The van der Waals surface area contributed by atoms with Crippen molar-refractivity contribution in [3.63, 3.8) is 0 Å². The molecule has 294 valence electrons. The Balaban J connectivity index is 1.10. The van der Waals surface area contributed by atoms with Gasteiger partial charge in [-0.2, -0.15) is 23.3 Å². The van der Waals surface area contributed by atoms with Crippen molar-refractivity contribution in [1.82, 2.24) is 25.1 Å². The van der Waals surface area contributed by atoms with E-state index in [2.05, 4.69) is 46.9 Å². The molecule has 0 aliphatic carbocycles. The van der Waals surface area contributed by atoms with Gasteiger partial charge in [-0.3, -0.25) is 9.48 Å². The average Bonchev–Trinajstić information content (AvgIpc) is 3.69. The fourth-order valence-electron chi connectivity index (χ4n) is 5.57. The maximum absolute atomic E-state index is 14.0. The van der Waals surface area contributed by atoms with Gasteiger partial charge in [-0.05, 0) is 93.8 Å². The van der Waals surface area contributed by atoms with Crippen molar-refractivity contribution in [3.05, 3.63) is 76.2 Å². The molecule has 1 unspecified atom stereocenters. The number of ether oxygens (including phenoxy) is 1. The molecule has 4 aromatic rings. The molecule has 3 heterocycles. The van der Waals surface area contributed by atoms with Crippen LogP contribution in [0.4, 0.5) is 36.3 Å². The number of nitrogens with zero attached hydrogens (tertiary/aromatic N) is 4. The Bertz CT molecular complexity index is 1990. The van der Waals surface area contributed by atoms with Gasteiger partial charge in [0.2, 0.25) is 5.95 Å². The molecule has 3 N–H and O–H groups in total. The number of unbranched alkanes of at least 4 members (excludes halogenated alkanes) is 1. The molecule has 2 aromatic heterocycles. The third-order valence-corrected chi connectivity index (χ3v) is 11.0. The highest BCUT2D eigenvalue weighted by Gasteiger charge is 2.52. The van der Waals surface area contributed by atoms with Crippen LogP contribution in [0.15, 0.2) is 59.5 Å². The number of hydrogen-bond donors (Lipinski definition) is 3. The number of carbonyl (C=O) groups excluding carboxylic acids is 1. The summed E-state index contributed by atoms with van der Waals surface area (Å²) < 4.78 is 80.0. The van der Waals surface area contributed by atoms with Crippen molar-refractivity contribution in [2.75, 3.05) is 37.6 Å². The van der Waals surface area contributed by atoms with Gasteiger partial charge in [-0.1, -0.05) is 22.0 Å². The monoisotopic (exact) mass is 848 g/mol. The molecule has 2 aromatic carbocycles. The van der Waals surface area contributed by atoms with Crippen LogP contribution in [-0.4, -0.2) is 70.9 Å². The Morgan fingerprint density at radius 2 is 1.75 bits per heavy atom. The number of anilines is 4. The first-order valence-corrected chi connectivity index (χ1v) is 19.8. The Morgan fingerprint density at radius 1 is 1.02 bits per heavy atom. The van der Waals surface area contributed by atoms with Crippen molar-refractivity contribution in [1.29, 1.82) is 0 Å². The first-order valence-electron chi connectivity index (χ1n) is 17.6. The van der Waals surface area contributed by atoms with Gasteiger partial charge in [-0.25, -0.2) is 4.98 Å². The van der Waals surface area contributed by atoms with E-state index >= 15 is 0 Å². The summed E-state index contributed by atoms with van der Waals surface area (Å²) >= 11 is 3.28. The summed E-state index contributed by atoms with van der Waals surface area (Å²) in [5.41, 5.74) is 0.495. The molecule has 1 fully saturated rings. The van der Waals surface area contributed by atoms with Crippen LogP contribution in [0.1, 0.15) is 68.4 Å². The highest BCUT2D eigenvalue weighted by molar-refractivity contribution is 9.10. The van der Waals surface area contributed by atoms with Gasteiger partial charge in [0.25, 0.3) is 5.91 Å². The highest BCUT2D eigenvalue weighted by atomic mass is 79.9. The number of halogens is 4. The first kappa shape index (κ1) is 42.1. The zero-order valence-corrected chi connectivity index (χ0v) is 33.9. The number of methoxy groups -OCH3 is 1. The van der Waals surface area contributed by atoms with Gasteiger partial charge < -0.3 is 30.0 Å². The van der Waals surface area contributed by atoms with Crippen LogP contribution in [0.5, 0.6) is 5.75 Å². The van der Waals surface area contributed by atoms with Crippen molar-refractivity contribution in [2.45, 2.75) is 77.3 Å². The molecule has 19 heteroatoms. The smallest absolute Gasteiger partial charge is 0.495 e. The van der Waals surface area contributed by atoms with Crippen LogP contribution < -0.4 is 26.2 Å². The number of alkyl halides is 3. The molecule has 1 atom stereocenters. The van der Waals surface area contributed by atoms with E-state index in [1.807, 2.05) is 46.0 Å². The predicted octanol–water partition coefficient (Wildman–Crippen LogP) is 7.78. The Kier molecular flexibility index (Phi) is 13.6. The molecule has 1 amide bonds. The van der Waals surface area contributed by atoms with Crippen LogP contribution in [-0.2, 0) is 37.5 Å². The van der Waals surface area contributed by atoms with Crippen molar-refractivity contribution in [2.24, 2.45) is 0 Å². The molecule has 0 spiro atoms. The van der Waals surface area contributed by atoms with Crippen LogP contribution >= 0.6 is 24.0 Å². The zero-order chi connectivity index (χ0) is 40.0. The molecule has 13 nitrogen and oxygen atoms in total. The lowest BCUT2D eigenvalue weighted by Crippen LogP contribution is -2.41. The number of benzene rings is 2. The van der Waals surface area contributed by atoms with Gasteiger partial charge in [-0.15, -0.1) is 4.52 Å². The van der Waals surface area contributed by atoms with Crippen LogP contribution in [0, 0.1) is 0 Å². The Morgan fingerprint density at radius 3 is 2.44 bits per heavy atom. The molecular formula is C36H44BBrF3N7O6P+. The van der Waals surface area contributed by atoms with E-state index in [9.17, 15) is 22.5 Å². The van der Waals surface area contributed by atoms with E-state index in [1.165, 1.54) is 26.3 Å². The second-order valence-electron chi connectivity index (χ2n) is 13.8. The van der Waals surface area contributed by atoms with Gasteiger partial charge >= 0.3 is 21.3 Å². The van der Waals surface area contributed by atoms with E-state index in [0.717, 1.165) is 17.4 Å². The maximum Gasteiger partial charge on any atom is 0.508 e. The number of rotatable bonds is 17. The lowest BCUT2D eigenvalue weighted by Gasteiger charge is -2.32. The van der Waals surface area contributed by atoms with Crippen molar-refractivity contribution >= 4 is 65.6 Å². The summed E-state index contributed by atoms with van der Waals surface area (Å²) in [6.45, 7) is 8.96. The van der Waals surface area contributed by atoms with E-state index in [4.69, 9.17) is 18.6 Å². The molecule has 0 bridgehead atoms. The minimum atomic E-state index is -4.77. The van der Waals surface area contributed by atoms with Gasteiger partial charge in [0.1, 0.15) is 23.7 Å². The Labute approximate surface area is 327 Å². The summed E-state index contributed by atoms with van der Waals surface area (Å²) in [6.07, 6.45) is 2.71. The molecular weight excluding hydrogens is 805 g/mol. The van der Waals surface area contributed by atoms with E-state index in [0.29, 0.717) is 60.7 Å². The fraction of sp³-hybridized carbons (Fsp3) is 0.444. The number of aromatic nitrogens is 4. The number of aryl methyl sites for hydroxylation is 2. The van der Waals surface area contributed by atoms with Crippen LogP contribution in [0.3, 0.4) is 0 Å². The molecule has 55 heavy (non-hydrogen) atoms. The van der Waals surface area contributed by atoms with Crippen molar-refractivity contribution in [3.8, 4) is 5.75 Å². The van der Waals surface area contributed by atoms with E-state index in [-0.39, 0.29) is 17.2 Å². The van der Waals surface area contributed by atoms with Gasteiger partial charge in [0, 0.05) is 42.1 Å². The molecule has 5 rings (SSSR count). The highest BCUT2D eigenvalue weighted by Crippen LogP contribution is 2.38. The lowest BCUT2D eigenvalue weighted by atomic mass is 9.82. The summed E-state index contributed by atoms with van der Waals surface area (Å²) in [4.78, 5) is 20.5. The second kappa shape index (κ2) is 17.8. The predicted molar refractivity (Wildman–Crippen MR) is 208 cm³/mol. The van der Waals surface area contributed by atoms with Crippen molar-refractivity contribution < 1.29 is 41.1 Å². The first-order chi connectivity index (χ1) is 26.0. The molecule has 1 saturated heterocycles. The second-order valence-corrected chi connectivity index (χ2v) is 16.1. The summed E-state index contributed by atoms with van der Waals surface area (Å²) in [5.74, 6) is -0.732. The quantitative estimate of drug-likeness (QED) is 0.0543. The topological polar surface area (TPSA) is 151 Å². The number of nitrogens with one attached hydrogen (secondary N) is 3. The molecule has 0 radical (unpaired) electrons. The van der Waals surface area contributed by atoms with Gasteiger partial charge in [0.15, 0.2) is 6.16 Å². The number of amides is 1.